The Kier molecular flexibility index (Phi) is 6.35. The average Bonchev–Trinajstić information content (AvgIpc) is 3.23. The number of halogens is 2. The maximum atomic E-state index is 13.0. The van der Waals surface area contributed by atoms with Crippen molar-refractivity contribution in [2.24, 2.45) is 0 Å². The van der Waals surface area contributed by atoms with E-state index >= 15 is 0 Å². The van der Waals surface area contributed by atoms with E-state index in [9.17, 15) is 17.6 Å². The number of aromatic nitrogens is 1. The van der Waals surface area contributed by atoms with Gasteiger partial charge in [0.15, 0.2) is 5.13 Å². The van der Waals surface area contributed by atoms with Gasteiger partial charge in [0.1, 0.15) is 5.82 Å². The van der Waals surface area contributed by atoms with Gasteiger partial charge in [0.05, 0.1) is 10.6 Å². The number of nitrogens with zero attached hydrogens (tertiary/aromatic N) is 1. The second-order valence-electron chi connectivity index (χ2n) is 6.64. The molecule has 3 aromatic carbocycles. The molecule has 4 rings (SSSR count). The molecule has 0 saturated carbocycles. The number of sulfonamides is 1. The second-order valence-corrected chi connectivity index (χ2v) is 10.1. The summed E-state index contributed by atoms with van der Waals surface area (Å²) in [6.45, 7) is 0. The minimum absolute atomic E-state index is 0.0638. The molecule has 2 N–H and O–H groups in total. The monoisotopic (exact) mass is 531 g/mol. The molecule has 0 aliphatic heterocycles. The van der Waals surface area contributed by atoms with Gasteiger partial charge in [-0.15, -0.1) is 11.3 Å². The summed E-state index contributed by atoms with van der Waals surface area (Å²) >= 11 is 4.70. The Labute approximate surface area is 196 Å². The number of hydrogen-bond acceptors (Lipinski definition) is 5. The molecule has 10 heteroatoms. The molecule has 0 bridgehead atoms. The van der Waals surface area contributed by atoms with Crippen LogP contribution < -0.4 is 10.0 Å². The van der Waals surface area contributed by atoms with E-state index < -0.39 is 15.8 Å². The van der Waals surface area contributed by atoms with Crippen LogP contribution in [0.1, 0.15) is 10.4 Å². The van der Waals surface area contributed by atoms with Crippen LogP contribution in [0.5, 0.6) is 0 Å². The minimum Gasteiger partial charge on any atom is -0.298 e. The second kappa shape index (κ2) is 9.19. The van der Waals surface area contributed by atoms with Crippen molar-refractivity contribution in [3.8, 4) is 11.3 Å². The predicted octanol–water partition coefficient (Wildman–Crippen LogP) is 5.76. The number of thiazole rings is 1. The van der Waals surface area contributed by atoms with Gasteiger partial charge in [-0.05, 0) is 60.7 Å². The molecule has 1 aromatic heterocycles. The predicted molar refractivity (Wildman–Crippen MR) is 127 cm³/mol. The van der Waals surface area contributed by atoms with Crippen molar-refractivity contribution in [3.05, 3.63) is 94.0 Å². The Hall–Kier alpha value is -3.08. The first-order chi connectivity index (χ1) is 15.3. The molecule has 0 spiro atoms. The number of carbonyl (C=O) groups is 1. The Morgan fingerprint density at radius 3 is 2.25 bits per heavy atom. The number of carbonyl (C=O) groups excluding carboxylic acids is 1. The first kappa shape index (κ1) is 22.1. The zero-order valence-electron chi connectivity index (χ0n) is 16.2. The molecule has 4 aromatic rings. The van der Waals surface area contributed by atoms with Gasteiger partial charge < -0.3 is 0 Å². The standard InChI is InChI=1S/C22H15BrFN3O3S2/c23-16-5-1-14(2-6-16)20-13-31-22(25-20)26-21(28)15-3-9-18(10-4-15)27-32(29,30)19-11-7-17(24)8-12-19/h1-13,27H,(H,25,26,28). The molecule has 0 unspecified atom stereocenters. The molecule has 1 heterocycles. The fourth-order valence-corrected chi connectivity index (χ4v) is 4.81. The molecule has 0 radical (unpaired) electrons. The van der Waals surface area contributed by atoms with Gasteiger partial charge in [-0.2, -0.15) is 0 Å². The summed E-state index contributed by atoms with van der Waals surface area (Å²) in [5.41, 5.74) is 2.30. The SMILES string of the molecule is O=C(Nc1nc(-c2ccc(Br)cc2)cs1)c1ccc(NS(=O)(=O)c2ccc(F)cc2)cc1. The van der Waals surface area contributed by atoms with Crippen LogP contribution in [0.3, 0.4) is 0 Å². The Morgan fingerprint density at radius 1 is 0.938 bits per heavy atom. The van der Waals surface area contributed by atoms with Crippen molar-refractivity contribution >= 4 is 54.0 Å². The number of anilines is 2. The first-order valence-corrected chi connectivity index (χ1v) is 12.4. The van der Waals surface area contributed by atoms with Gasteiger partial charge in [0.25, 0.3) is 15.9 Å². The van der Waals surface area contributed by atoms with Crippen molar-refractivity contribution < 1.29 is 17.6 Å². The molecule has 0 atom stereocenters. The van der Waals surface area contributed by atoms with Crippen LogP contribution >= 0.6 is 27.3 Å². The van der Waals surface area contributed by atoms with Gasteiger partial charge in [-0.3, -0.25) is 14.8 Å². The quantitative estimate of drug-likeness (QED) is 0.330. The van der Waals surface area contributed by atoms with Gasteiger partial charge in [-0.25, -0.2) is 17.8 Å². The highest BCUT2D eigenvalue weighted by molar-refractivity contribution is 9.10. The summed E-state index contributed by atoms with van der Waals surface area (Å²) in [5, 5.41) is 5.05. The summed E-state index contributed by atoms with van der Waals surface area (Å²) < 4.78 is 41.2. The summed E-state index contributed by atoms with van der Waals surface area (Å²) in [5.74, 6) is -0.891. The third kappa shape index (κ3) is 5.21. The van der Waals surface area contributed by atoms with Crippen LogP contribution in [-0.4, -0.2) is 19.3 Å². The Balaban J connectivity index is 1.42. The highest BCUT2D eigenvalue weighted by Crippen LogP contribution is 2.26. The number of amides is 1. The van der Waals surface area contributed by atoms with E-state index in [2.05, 4.69) is 31.0 Å². The minimum atomic E-state index is -3.87. The summed E-state index contributed by atoms with van der Waals surface area (Å²) in [7, 11) is -3.87. The van der Waals surface area contributed by atoms with Gasteiger partial charge in [0, 0.05) is 26.7 Å². The van der Waals surface area contributed by atoms with E-state index in [4.69, 9.17) is 0 Å². The van der Waals surface area contributed by atoms with Crippen LogP contribution in [0.2, 0.25) is 0 Å². The zero-order valence-corrected chi connectivity index (χ0v) is 19.5. The fourth-order valence-electron chi connectivity index (χ4n) is 2.77. The maximum absolute atomic E-state index is 13.0. The van der Waals surface area contributed by atoms with Crippen LogP contribution in [0, 0.1) is 5.82 Å². The summed E-state index contributed by atoms with van der Waals surface area (Å²) in [6, 6.07) is 18.1. The third-order valence-electron chi connectivity index (χ3n) is 4.39. The normalized spacial score (nSPS) is 11.2. The fraction of sp³-hybridized carbons (Fsp3) is 0. The number of benzene rings is 3. The van der Waals surface area contributed by atoms with E-state index in [1.165, 1.54) is 47.7 Å². The maximum Gasteiger partial charge on any atom is 0.261 e. The van der Waals surface area contributed by atoms with Crippen molar-refractivity contribution in [2.75, 3.05) is 10.0 Å². The molecule has 32 heavy (non-hydrogen) atoms. The topological polar surface area (TPSA) is 88.2 Å². The molecule has 0 fully saturated rings. The third-order valence-corrected chi connectivity index (χ3v) is 7.07. The molecule has 0 aliphatic rings. The van der Waals surface area contributed by atoms with E-state index in [-0.39, 0.29) is 16.5 Å². The van der Waals surface area contributed by atoms with Crippen LogP contribution in [0.15, 0.2) is 87.5 Å². The number of nitrogens with one attached hydrogen (secondary N) is 2. The lowest BCUT2D eigenvalue weighted by atomic mass is 10.2. The lowest BCUT2D eigenvalue weighted by Crippen LogP contribution is -2.14. The van der Waals surface area contributed by atoms with Crippen LogP contribution in [0.4, 0.5) is 15.2 Å². The number of hydrogen-bond donors (Lipinski definition) is 2. The number of rotatable bonds is 6. The smallest absolute Gasteiger partial charge is 0.261 e. The van der Waals surface area contributed by atoms with Gasteiger partial charge in [-0.1, -0.05) is 28.1 Å². The lowest BCUT2D eigenvalue weighted by Gasteiger charge is -2.09. The molecular formula is C22H15BrFN3O3S2. The van der Waals surface area contributed by atoms with Crippen LogP contribution in [0.25, 0.3) is 11.3 Å². The Bertz CT molecular complexity index is 1360. The Morgan fingerprint density at radius 2 is 1.59 bits per heavy atom. The van der Waals surface area contributed by atoms with Gasteiger partial charge >= 0.3 is 0 Å². The summed E-state index contributed by atoms with van der Waals surface area (Å²) in [6.07, 6.45) is 0. The summed E-state index contributed by atoms with van der Waals surface area (Å²) in [4.78, 5) is 16.9. The van der Waals surface area contributed by atoms with E-state index in [0.717, 1.165) is 27.9 Å². The first-order valence-electron chi connectivity index (χ1n) is 9.21. The van der Waals surface area contributed by atoms with E-state index in [0.29, 0.717) is 10.7 Å². The van der Waals surface area contributed by atoms with Crippen molar-refractivity contribution in [1.29, 1.82) is 0 Å². The molecule has 6 nitrogen and oxygen atoms in total. The molecule has 0 saturated heterocycles. The van der Waals surface area contributed by atoms with Crippen molar-refractivity contribution in [1.82, 2.24) is 4.98 Å². The largest absolute Gasteiger partial charge is 0.298 e. The van der Waals surface area contributed by atoms with Crippen LogP contribution in [-0.2, 0) is 10.0 Å². The molecular weight excluding hydrogens is 517 g/mol. The lowest BCUT2D eigenvalue weighted by molar-refractivity contribution is 0.102. The molecule has 1 amide bonds. The average molecular weight is 532 g/mol. The van der Waals surface area contributed by atoms with Crippen molar-refractivity contribution in [2.45, 2.75) is 4.90 Å². The molecule has 162 valence electrons. The van der Waals surface area contributed by atoms with Crippen molar-refractivity contribution in [3.63, 3.8) is 0 Å². The van der Waals surface area contributed by atoms with E-state index in [1.807, 2.05) is 29.6 Å². The highest BCUT2D eigenvalue weighted by Gasteiger charge is 2.15. The van der Waals surface area contributed by atoms with E-state index in [1.54, 1.807) is 0 Å². The zero-order chi connectivity index (χ0) is 22.7. The highest BCUT2D eigenvalue weighted by atomic mass is 79.9. The molecule has 0 aliphatic carbocycles. The van der Waals surface area contributed by atoms with Gasteiger partial charge in [0.2, 0.25) is 0 Å².